The molecule has 0 unspecified atom stereocenters. The Morgan fingerprint density at radius 1 is 1.04 bits per heavy atom. The molecule has 1 N–H and O–H groups in total. The molecule has 138 valence electrons. The number of carbonyl (C=O) groups is 1. The minimum absolute atomic E-state index is 0.0797. The van der Waals surface area contributed by atoms with E-state index < -0.39 is 0 Å². The highest BCUT2D eigenvalue weighted by atomic mass is 35.5. The number of nitrogens with one attached hydrogen (secondary N) is 1. The first-order chi connectivity index (χ1) is 12.5. The first kappa shape index (κ1) is 18.8. The van der Waals surface area contributed by atoms with Gasteiger partial charge < -0.3 is 15.1 Å². The number of halogens is 3. The van der Waals surface area contributed by atoms with Crippen molar-refractivity contribution in [2.45, 2.75) is 6.42 Å². The Morgan fingerprint density at radius 2 is 1.73 bits per heavy atom. The predicted octanol–water partition coefficient (Wildman–Crippen LogP) is 4.21. The molecule has 2 aromatic carbocycles. The van der Waals surface area contributed by atoms with Gasteiger partial charge >= 0.3 is 6.03 Å². The van der Waals surface area contributed by atoms with Crippen LogP contribution in [0.2, 0.25) is 10.0 Å². The molecule has 0 aliphatic carbocycles. The van der Waals surface area contributed by atoms with E-state index in [0.717, 1.165) is 11.3 Å². The normalized spacial score (nSPS) is 14.4. The Balaban J connectivity index is 1.46. The third kappa shape index (κ3) is 4.80. The van der Waals surface area contributed by atoms with Crippen molar-refractivity contribution in [2.75, 3.05) is 37.6 Å². The highest BCUT2D eigenvalue weighted by molar-refractivity contribution is 6.35. The van der Waals surface area contributed by atoms with Gasteiger partial charge in [0.05, 0.1) is 10.7 Å². The van der Waals surface area contributed by atoms with Crippen LogP contribution in [0.5, 0.6) is 0 Å². The van der Waals surface area contributed by atoms with E-state index in [1.165, 1.54) is 12.1 Å². The van der Waals surface area contributed by atoms with Crippen molar-refractivity contribution in [3.63, 3.8) is 0 Å². The van der Waals surface area contributed by atoms with E-state index in [2.05, 4.69) is 10.2 Å². The molecule has 0 radical (unpaired) electrons. The second kappa shape index (κ2) is 8.60. The van der Waals surface area contributed by atoms with Crippen LogP contribution in [-0.4, -0.2) is 43.7 Å². The van der Waals surface area contributed by atoms with Crippen molar-refractivity contribution < 1.29 is 9.18 Å². The first-order valence-corrected chi connectivity index (χ1v) is 9.26. The van der Waals surface area contributed by atoms with Gasteiger partial charge in [-0.1, -0.05) is 35.3 Å². The third-order valence-corrected chi connectivity index (χ3v) is 4.97. The second-order valence-electron chi connectivity index (χ2n) is 6.18. The zero-order chi connectivity index (χ0) is 18.5. The number of anilines is 1. The molecule has 2 amide bonds. The van der Waals surface area contributed by atoms with Gasteiger partial charge in [0, 0.05) is 37.7 Å². The van der Waals surface area contributed by atoms with Gasteiger partial charge in [-0.25, -0.2) is 9.18 Å². The summed E-state index contributed by atoms with van der Waals surface area (Å²) in [6.45, 7) is 3.15. The lowest BCUT2D eigenvalue weighted by atomic mass is 10.1. The van der Waals surface area contributed by atoms with Crippen LogP contribution in [0, 0.1) is 5.82 Å². The fourth-order valence-electron chi connectivity index (χ4n) is 2.96. The minimum atomic E-state index is -0.254. The van der Waals surface area contributed by atoms with Crippen molar-refractivity contribution >= 4 is 34.9 Å². The van der Waals surface area contributed by atoms with Gasteiger partial charge in [0.25, 0.3) is 0 Å². The SMILES string of the molecule is O=C(NCCc1ccc(F)cc1)N1CCN(c2cc(Cl)ccc2Cl)CC1. The standard InChI is InChI=1S/C19H20Cl2FN3O/c20-15-3-6-17(21)18(13-15)24-9-11-25(12-10-24)19(26)23-8-7-14-1-4-16(22)5-2-14/h1-6,13H,7-12H2,(H,23,26). The highest BCUT2D eigenvalue weighted by Crippen LogP contribution is 2.29. The van der Waals surface area contributed by atoms with Crippen LogP contribution in [0.1, 0.15) is 5.56 Å². The average Bonchev–Trinajstić information content (AvgIpc) is 2.65. The van der Waals surface area contributed by atoms with Crippen LogP contribution in [0.4, 0.5) is 14.9 Å². The van der Waals surface area contributed by atoms with Crippen molar-refractivity contribution in [1.82, 2.24) is 10.2 Å². The molecule has 0 atom stereocenters. The summed E-state index contributed by atoms with van der Waals surface area (Å²) >= 11 is 12.3. The topological polar surface area (TPSA) is 35.6 Å². The summed E-state index contributed by atoms with van der Waals surface area (Å²) < 4.78 is 12.9. The molecular formula is C19H20Cl2FN3O. The number of rotatable bonds is 4. The summed E-state index contributed by atoms with van der Waals surface area (Å²) in [4.78, 5) is 16.2. The van der Waals surface area contributed by atoms with Gasteiger partial charge in [-0.05, 0) is 42.3 Å². The molecule has 3 rings (SSSR count). The molecule has 1 aliphatic heterocycles. The molecular weight excluding hydrogens is 376 g/mol. The number of carbonyl (C=O) groups excluding carboxylic acids is 1. The van der Waals surface area contributed by atoms with E-state index >= 15 is 0 Å². The lowest BCUT2D eigenvalue weighted by Crippen LogP contribution is -2.52. The second-order valence-corrected chi connectivity index (χ2v) is 7.02. The van der Waals surface area contributed by atoms with Crippen LogP contribution in [-0.2, 0) is 6.42 Å². The van der Waals surface area contributed by atoms with Crippen LogP contribution < -0.4 is 10.2 Å². The molecule has 0 bridgehead atoms. The highest BCUT2D eigenvalue weighted by Gasteiger charge is 2.22. The zero-order valence-electron chi connectivity index (χ0n) is 14.2. The fraction of sp³-hybridized carbons (Fsp3) is 0.316. The van der Waals surface area contributed by atoms with Gasteiger partial charge in [0.1, 0.15) is 5.82 Å². The molecule has 0 aromatic heterocycles. The summed E-state index contributed by atoms with van der Waals surface area (Å²) in [6, 6.07) is 11.6. The number of benzene rings is 2. The summed E-state index contributed by atoms with van der Waals surface area (Å²) in [5.41, 5.74) is 1.89. The smallest absolute Gasteiger partial charge is 0.317 e. The first-order valence-electron chi connectivity index (χ1n) is 8.50. The Kier molecular flexibility index (Phi) is 6.22. The van der Waals surface area contributed by atoms with Crippen molar-refractivity contribution in [3.05, 3.63) is 63.9 Å². The number of hydrogen-bond acceptors (Lipinski definition) is 2. The van der Waals surface area contributed by atoms with E-state index in [9.17, 15) is 9.18 Å². The largest absolute Gasteiger partial charge is 0.367 e. The lowest BCUT2D eigenvalue weighted by molar-refractivity contribution is 0.194. The minimum Gasteiger partial charge on any atom is -0.367 e. The maximum atomic E-state index is 12.9. The van der Waals surface area contributed by atoms with E-state index in [1.54, 1.807) is 29.2 Å². The van der Waals surface area contributed by atoms with Gasteiger partial charge in [-0.3, -0.25) is 0 Å². The number of piperazine rings is 1. The van der Waals surface area contributed by atoms with Crippen LogP contribution in [0.25, 0.3) is 0 Å². The molecule has 0 saturated carbocycles. The summed E-state index contributed by atoms with van der Waals surface area (Å²) in [7, 11) is 0. The molecule has 26 heavy (non-hydrogen) atoms. The Bertz CT molecular complexity index is 762. The summed E-state index contributed by atoms with van der Waals surface area (Å²) in [5.74, 6) is -0.254. The Morgan fingerprint density at radius 3 is 2.42 bits per heavy atom. The lowest BCUT2D eigenvalue weighted by Gasteiger charge is -2.36. The predicted molar refractivity (Wildman–Crippen MR) is 104 cm³/mol. The third-order valence-electron chi connectivity index (χ3n) is 4.42. The zero-order valence-corrected chi connectivity index (χ0v) is 15.7. The van der Waals surface area contributed by atoms with Gasteiger partial charge in [0.2, 0.25) is 0 Å². The van der Waals surface area contributed by atoms with Crippen LogP contribution >= 0.6 is 23.2 Å². The number of nitrogens with zero attached hydrogens (tertiary/aromatic N) is 2. The summed E-state index contributed by atoms with van der Waals surface area (Å²) in [5, 5.41) is 4.22. The fourth-order valence-corrected chi connectivity index (χ4v) is 3.36. The molecule has 1 aliphatic rings. The van der Waals surface area contributed by atoms with Crippen molar-refractivity contribution in [3.8, 4) is 0 Å². The van der Waals surface area contributed by atoms with E-state index in [0.29, 0.717) is 49.2 Å². The van der Waals surface area contributed by atoms with Gasteiger partial charge in [-0.15, -0.1) is 0 Å². The molecule has 1 fully saturated rings. The van der Waals surface area contributed by atoms with Crippen LogP contribution in [0.15, 0.2) is 42.5 Å². The van der Waals surface area contributed by atoms with Gasteiger partial charge in [0.15, 0.2) is 0 Å². The van der Waals surface area contributed by atoms with E-state index in [-0.39, 0.29) is 11.8 Å². The van der Waals surface area contributed by atoms with Crippen molar-refractivity contribution in [2.24, 2.45) is 0 Å². The number of urea groups is 1. The van der Waals surface area contributed by atoms with Gasteiger partial charge in [-0.2, -0.15) is 0 Å². The average molecular weight is 396 g/mol. The van der Waals surface area contributed by atoms with E-state index in [1.807, 2.05) is 6.07 Å². The van der Waals surface area contributed by atoms with Crippen molar-refractivity contribution in [1.29, 1.82) is 0 Å². The van der Waals surface area contributed by atoms with E-state index in [4.69, 9.17) is 23.2 Å². The molecule has 1 heterocycles. The number of amides is 2. The maximum absolute atomic E-state index is 12.9. The molecule has 1 saturated heterocycles. The monoisotopic (exact) mass is 395 g/mol. The van der Waals surface area contributed by atoms with Crippen LogP contribution in [0.3, 0.4) is 0 Å². The molecule has 0 spiro atoms. The quantitative estimate of drug-likeness (QED) is 0.841. The Hall–Kier alpha value is -1.98. The Labute approximate surface area is 162 Å². The molecule has 7 heteroatoms. The summed E-state index contributed by atoms with van der Waals surface area (Å²) in [6.07, 6.45) is 0.671. The molecule has 2 aromatic rings. The maximum Gasteiger partial charge on any atom is 0.317 e. The molecule has 4 nitrogen and oxygen atoms in total. The number of hydrogen-bond donors (Lipinski definition) is 1.